The third-order valence-electron chi connectivity index (χ3n) is 13.7. The van der Waals surface area contributed by atoms with E-state index in [1.54, 1.807) is 0 Å². The van der Waals surface area contributed by atoms with E-state index >= 15 is 0 Å². The highest BCUT2D eigenvalue weighted by Gasteiger charge is 2.49. The summed E-state index contributed by atoms with van der Waals surface area (Å²) in [7, 11) is 2.15. The van der Waals surface area contributed by atoms with Crippen molar-refractivity contribution < 1.29 is 9.59 Å². The zero-order valence-corrected chi connectivity index (χ0v) is 34.6. The summed E-state index contributed by atoms with van der Waals surface area (Å²) in [5, 5.41) is 0. The average molecular weight is 774 g/mol. The second-order valence-electron chi connectivity index (χ2n) is 17.1. The normalized spacial score (nSPS) is 26.6. The lowest BCUT2D eigenvalue weighted by atomic mass is 9.84. The van der Waals surface area contributed by atoms with Crippen LogP contribution in [-0.4, -0.2) is 78.4 Å². The number of benzene rings is 3. The van der Waals surface area contributed by atoms with E-state index < -0.39 is 7.55 Å². The van der Waals surface area contributed by atoms with E-state index in [1.807, 2.05) is 0 Å². The molecular formula is C45H55N6O2P2+. The molecule has 10 unspecified atom stereocenters. The Morgan fingerprint density at radius 3 is 1.62 bits per heavy atom. The molecule has 2 saturated heterocycles. The smallest absolute Gasteiger partial charge is 0.271 e. The number of hydrogen-bond donors (Lipinski definition) is 2. The molecule has 0 bridgehead atoms. The predicted molar refractivity (Wildman–Crippen MR) is 230 cm³/mol. The summed E-state index contributed by atoms with van der Waals surface area (Å²) in [6, 6.07) is 22.3. The largest absolute Gasteiger partial charge is 0.340 e. The molecular weight excluding hydrogens is 718 g/mol. The number of fused-ring (bicyclic) bond motifs is 4. The van der Waals surface area contributed by atoms with Crippen LogP contribution in [0.5, 0.6) is 0 Å². The summed E-state index contributed by atoms with van der Waals surface area (Å²) in [6.07, 6.45) is 16.5. The Labute approximate surface area is 328 Å². The van der Waals surface area contributed by atoms with Crippen LogP contribution >= 0.6 is 16.8 Å². The maximum absolute atomic E-state index is 13.9. The fourth-order valence-corrected chi connectivity index (χ4v) is 11.1. The van der Waals surface area contributed by atoms with E-state index in [-0.39, 0.29) is 35.5 Å². The van der Waals surface area contributed by atoms with E-state index in [2.05, 4.69) is 116 Å². The summed E-state index contributed by atoms with van der Waals surface area (Å²) >= 11 is 0. The van der Waals surface area contributed by atoms with Gasteiger partial charge in [-0.1, -0.05) is 69.0 Å². The molecule has 8 nitrogen and oxygen atoms in total. The lowest BCUT2D eigenvalue weighted by molar-refractivity contribution is -0.138. The van der Waals surface area contributed by atoms with Crippen LogP contribution in [0, 0.1) is 17.8 Å². The van der Waals surface area contributed by atoms with Crippen LogP contribution in [0.15, 0.2) is 60.7 Å². The maximum atomic E-state index is 13.9. The number of aromatic nitrogens is 4. The van der Waals surface area contributed by atoms with Crippen LogP contribution in [-0.2, 0) is 9.59 Å². The number of nitrogens with zero attached hydrogens (tertiary/aromatic N) is 4. The summed E-state index contributed by atoms with van der Waals surface area (Å²) in [5.74, 6) is 3.46. The van der Waals surface area contributed by atoms with Gasteiger partial charge in [0.2, 0.25) is 5.91 Å². The van der Waals surface area contributed by atoms with Gasteiger partial charge in [0.25, 0.3) is 5.91 Å². The van der Waals surface area contributed by atoms with Crippen molar-refractivity contribution in [3.8, 4) is 22.3 Å². The third kappa shape index (κ3) is 6.65. The molecule has 4 heterocycles. The van der Waals surface area contributed by atoms with Gasteiger partial charge in [0.1, 0.15) is 11.6 Å². The quantitative estimate of drug-likeness (QED) is 0.154. The van der Waals surface area contributed by atoms with Crippen LogP contribution in [0.1, 0.15) is 102 Å². The van der Waals surface area contributed by atoms with Gasteiger partial charge in [-0.05, 0) is 110 Å². The second-order valence-corrected chi connectivity index (χ2v) is 19.8. The maximum Gasteiger partial charge on any atom is 0.271 e. The van der Waals surface area contributed by atoms with Gasteiger partial charge in [0.15, 0.2) is 5.66 Å². The first-order chi connectivity index (χ1) is 26.7. The van der Waals surface area contributed by atoms with E-state index in [1.165, 1.54) is 38.5 Å². The van der Waals surface area contributed by atoms with Crippen LogP contribution in [0.2, 0.25) is 0 Å². The minimum atomic E-state index is -0.603. The molecule has 2 amide bonds. The number of nitrogens with one attached hydrogen (secondary N) is 2. The number of rotatable bonds is 8. The van der Waals surface area contributed by atoms with Gasteiger partial charge in [0.05, 0.1) is 54.7 Å². The zero-order chi connectivity index (χ0) is 38.0. The molecule has 286 valence electrons. The molecule has 55 heavy (non-hydrogen) atoms. The highest BCUT2D eigenvalue weighted by atomic mass is 31.1. The Kier molecular flexibility index (Phi) is 9.96. The standard InChI is InChI=1S/C45H55N6O2P2/c1-26(25-54)44(52)50-38-11-7-5-9-32(38)23-40(50)42-46-34-19-17-30(21-36(34)48-42)28-13-15-29(16-14-28)31-18-20-35-37(22-31)49-43(47-35)41-24-33-10-6-8-12-39(33)51(41)45(53)27(2)55(3)4/h13-22,26-27,32-33,38-41H,3,5-12,23-25,54H2,1-2,4H3,(H,46,48)(H,47,49)/q+1. The van der Waals surface area contributed by atoms with Crippen molar-refractivity contribution in [1.82, 2.24) is 29.7 Å². The highest BCUT2D eigenvalue weighted by Crippen LogP contribution is 2.48. The van der Waals surface area contributed by atoms with Gasteiger partial charge in [-0.3, -0.25) is 9.59 Å². The Morgan fingerprint density at radius 2 is 1.16 bits per heavy atom. The first kappa shape index (κ1) is 36.8. The second kappa shape index (κ2) is 14.9. The van der Waals surface area contributed by atoms with Crippen molar-refractivity contribution >= 4 is 57.0 Å². The van der Waals surface area contributed by atoms with Crippen molar-refractivity contribution in [3.63, 3.8) is 0 Å². The number of H-pyrrole nitrogens is 2. The lowest BCUT2D eigenvalue weighted by Gasteiger charge is -2.35. The number of carbonyl (C=O) groups excluding carboxylic acids is 2. The molecule has 3 aromatic carbocycles. The summed E-state index contributed by atoms with van der Waals surface area (Å²) < 4.78 is 0. The molecule has 4 fully saturated rings. The molecule has 2 saturated carbocycles. The molecule has 2 aliphatic heterocycles. The lowest BCUT2D eigenvalue weighted by Crippen LogP contribution is -2.44. The van der Waals surface area contributed by atoms with E-state index in [4.69, 9.17) is 9.97 Å². The molecule has 9 rings (SSSR count). The molecule has 0 radical (unpaired) electrons. The molecule has 5 aromatic rings. The Bertz CT molecular complexity index is 2260. The molecule has 10 atom stereocenters. The number of amides is 2. The first-order valence-corrected chi connectivity index (χ1v) is 23.5. The van der Waals surface area contributed by atoms with E-state index in [0.29, 0.717) is 23.9 Å². The van der Waals surface area contributed by atoms with Crippen molar-refractivity contribution in [2.45, 2.75) is 108 Å². The van der Waals surface area contributed by atoms with Crippen molar-refractivity contribution in [2.75, 3.05) is 12.8 Å². The Morgan fingerprint density at radius 1 is 0.727 bits per heavy atom. The van der Waals surface area contributed by atoms with Crippen LogP contribution in [0.25, 0.3) is 44.3 Å². The first-order valence-electron chi connectivity index (χ1n) is 20.7. The minimum Gasteiger partial charge on any atom is -0.340 e. The van der Waals surface area contributed by atoms with E-state index in [9.17, 15) is 9.59 Å². The molecule has 0 spiro atoms. The van der Waals surface area contributed by atoms with Gasteiger partial charge in [0, 0.05) is 18.0 Å². The number of hydrogen-bond acceptors (Lipinski definition) is 4. The van der Waals surface area contributed by atoms with Crippen molar-refractivity contribution in [2.24, 2.45) is 17.8 Å². The summed E-state index contributed by atoms with van der Waals surface area (Å²) in [5.41, 5.74) is 8.40. The molecule has 10 heteroatoms. The molecule has 2 aromatic heterocycles. The highest BCUT2D eigenvalue weighted by molar-refractivity contribution is 7.56. The van der Waals surface area contributed by atoms with Crippen LogP contribution < -0.4 is 0 Å². The number of aromatic amines is 2. The summed E-state index contributed by atoms with van der Waals surface area (Å²) in [4.78, 5) is 49.5. The molecule has 4 aliphatic rings. The minimum absolute atomic E-state index is 0.00713. The van der Waals surface area contributed by atoms with E-state index in [0.717, 1.165) is 87.8 Å². The fraction of sp³-hybridized carbons (Fsp3) is 0.489. The van der Waals surface area contributed by atoms with Gasteiger partial charge in [-0.2, -0.15) is 0 Å². The van der Waals surface area contributed by atoms with Gasteiger partial charge >= 0.3 is 0 Å². The Balaban J connectivity index is 0.953. The van der Waals surface area contributed by atoms with Crippen LogP contribution in [0.4, 0.5) is 0 Å². The predicted octanol–water partition coefficient (Wildman–Crippen LogP) is 9.88. The number of likely N-dealkylation sites (tertiary alicyclic amines) is 2. The number of carbonyl (C=O) groups is 2. The van der Waals surface area contributed by atoms with Crippen LogP contribution in [0.3, 0.4) is 0 Å². The zero-order valence-electron chi connectivity index (χ0n) is 32.5. The summed E-state index contributed by atoms with van der Waals surface area (Å²) in [6.45, 7) is 6.22. The third-order valence-corrected chi connectivity index (χ3v) is 15.9. The van der Waals surface area contributed by atoms with Crippen molar-refractivity contribution in [3.05, 3.63) is 72.3 Å². The molecule has 2 N–H and O–H groups in total. The number of imidazole rings is 2. The topological polar surface area (TPSA) is 98.0 Å². The van der Waals surface area contributed by atoms with Gasteiger partial charge in [-0.25, -0.2) is 9.97 Å². The van der Waals surface area contributed by atoms with Gasteiger partial charge < -0.3 is 19.8 Å². The van der Waals surface area contributed by atoms with Gasteiger partial charge in [-0.15, -0.1) is 9.24 Å². The fourth-order valence-electron chi connectivity index (χ4n) is 10.4. The monoisotopic (exact) mass is 773 g/mol. The SMILES string of the molecule is C=[P+](C)C(C)C(=O)N1C(c2nc3ccc(-c4ccc(-c5ccc6nc(C7CC8CCCCC8N7C(=O)C(C)CP)[nH]c6c5)cc4)cc3[nH]2)CC2CCCCC21. The molecule has 2 aliphatic carbocycles. The Hall–Kier alpha value is -3.86. The van der Waals surface area contributed by atoms with Crippen molar-refractivity contribution in [1.29, 1.82) is 0 Å². The average Bonchev–Trinajstić information content (AvgIpc) is 4.01.